The predicted octanol–water partition coefficient (Wildman–Crippen LogP) is 2.03. The molecule has 0 heterocycles. The summed E-state index contributed by atoms with van der Waals surface area (Å²) in [7, 11) is 0. The van der Waals surface area contributed by atoms with Gasteiger partial charge in [0.1, 0.15) is 0 Å². The van der Waals surface area contributed by atoms with Gasteiger partial charge in [-0.2, -0.15) is 0 Å². The van der Waals surface area contributed by atoms with Gasteiger partial charge >= 0.3 is 0 Å². The Morgan fingerprint density at radius 3 is 2.38 bits per heavy atom. The van der Waals surface area contributed by atoms with E-state index in [1.807, 2.05) is 0 Å². The second-order valence-corrected chi connectivity index (χ2v) is 4.16. The Hall–Kier alpha value is -1.13. The molecular weight excluding hydrogens is 230 g/mol. The molecule has 0 unspecified atom stereocenters. The van der Waals surface area contributed by atoms with Gasteiger partial charge in [0.05, 0.1) is 0 Å². The van der Waals surface area contributed by atoms with Crippen molar-refractivity contribution in [2.75, 3.05) is 0 Å². The van der Waals surface area contributed by atoms with Crippen LogP contribution in [0.2, 0.25) is 0 Å². The van der Waals surface area contributed by atoms with E-state index in [4.69, 9.17) is 10.8 Å². The third-order valence-corrected chi connectivity index (χ3v) is 2.84. The Morgan fingerprint density at radius 1 is 1.19 bits per heavy atom. The van der Waals surface area contributed by atoms with Crippen molar-refractivity contribution in [2.24, 2.45) is 11.7 Å². The fourth-order valence-electron chi connectivity index (χ4n) is 1.72. The Bertz CT molecular complexity index is 380. The van der Waals surface area contributed by atoms with Crippen LogP contribution in [0.1, 0.15) is 30.9 Å². The van der Waals surface area contributed by atoms with E-state index >= 15 is 0 Å². The van der Waals surface area contributed by atoms with Crippen LogP contribution in [0.3, 0.4) is 0 Å². The normalized spacial score (nSPS) is 16.6. The molecule has 0 saturated heterocycles. The third-order valence-electron chi connectivity index (χ3n) is 2.84. The van der Waals surface area contributed by atoms with Gasteiger partial charge < -0.3 is 21.1 Å². The molecule has 2 rings (SSSR count). The minimum absolute atomic E-state index is 0. The Balaban J connectivity index is 0.00000128. The SMILES string of the molecule is Cl.N[C@@H](CC1CC1)c1ccc(O)c(O)c1O. The largest absolute Gasteiger partial charge is 0.504 e. The van der Waals surface area contributed by atoms with E-state index in [1.165, 1.54) is 18.9 Å². The minimum atomic E-state index is -0.487. The lowest BCUT2D eigenvalue weighted by Gasteiger charge is -2.14. The fraction of sp³-hybridized carbons (Fsp3) is 0.455. The zero-order chi connectivity index (χ0) is 11.0. The van der Waals surface area contributed by atoms with E-state index in [9.17, 15) is 10.2 Å². The molecule has 1 aliphatic rings. The van der Waals surface area contributed by atoms with Gasteiger partial charge in [-0.1, -0.05) is 12.8 Å². The van der Waals surface area contributed by atoms with Crippen molar-refractivity contribution in [3.8, 4) is 17.2 Å². The van der Waals surface area contributed by atoms with Crippen molar-refractivity contribution in [2.45, 2.75) is 25.3 Å². The standard InChI is InChI=1S/C11H15NO3.ClH/c12-8(5-6-1-2-6)7-3-4-9(13)11(15)10(7)14;/h3-4,6,8,13-15H,1-2,5,12H2;1H/t8-;/m0./s1. The van der Waals surface area contributed by atoms with Gasteiger partial charge in [-0.25, -0.2) is 0 Å². The molecule has 90 valence electrons. The highest BCUT2D eigenvalue weighted by Gasteiger charge is 2.26. The highest BCUT2D eigenvalue weighted by atomic mass is 35.5. The Morgan fingerprint density at radius 2 is 1.81 bits per heavy atom. The maximum Gasteiger partial charge on any atom is 0.200 e. The molecule has 0 amide bonds. The van der Waals surface area contributed by atoms with Gasteiger partial charge in [0.2, 0.25) is 5.75 Å². The summed E-state index contributed by atoms with van der Waals surface area (Å²) in [5, 5.41) is 28.1. The van der Waals surface area contributed by atoms with Gasteiger partial charge in [-0.05, 0) is 24.5 Å². The van der Waals surface area contributed by atoms with Crippen molar-refractivity contribution < 1.29 is 15.3 Å². The summed E-state index contributed by atoms with van der Waals surface area (Å²) in [6, 6.07) is 2.62. The smallest absolute Gasteiger partial charge is 0.200 e. The molecule has 0 spiro atoms. The molecule has 16 heavy (non-hydrogen) atoms. The van der Waals surface area contributed by atoms with E-state index in [0.29, 0.717) is 11.5 Å². The number of hydrogen-bond donors (Lipinski definition) is 4. The lowest BCUT2D eigenvalue weighted by atomic mass is 10.0. The van der Waals surface area contributed by atoms with Crippen molar-refractivity contribution in [1.82, 2.24) is 0 Å². The van der Waals surface area contributed by atoms with E-state index in [2.05, 4.69) is 0 Å². The second-order valence-electron chi connectivity index (χ2n) is 4.16. The topological polar surface area (TPSA) is 86.7 Å². The molecule has 1 fully saturated rings. The van der Waals surface area contributed by atoms with Crippen molar-refractivity contribution in [3.63, 3.8) is 0 Å². The summed E-state index contributed by atoms with van der Waals surface area (Å²) in [6.07, 6.45) is 3.20. The number of halogens is 1. The van der Waals surface area contributed by atoms with Gasteiger partial charge in [0.25, 0.3) is 0 Å². The summed E-state index contributed by atoms with van der Waals surface area (Å²) in [4.78, 5) is 0. The molecule has 0 aromatic heterocycles. The quantitative estimate of drug-likeness (QED) is 0.614. The number of phenolic OH excluding ortho intramolecular Hbond substituents is 3. The summed E-state index contributed by atoms with van der Waals surface area (Å²) in [5.41, 5.74) is 6.40. The van der Waals surface area contributed by atoms with Crippen molar-refractivity contribution in [3.05, 3.63) is 17.7 Å². The van der Waals surface area contributed by atoms with E-state index in [-0.39, 0.29) is 29.9 Å². The van der Waals surface area contributed by atoms with Crippen LogP contribution in [0.25, 0.3) is 0 Å². The summed E-state index contributed by atoms with van der Waals surface area (Å²) >= 11 is 0. The molecule has 4 nitrogen and oxygen atoms in total. The number of rotatable bonds is 3. The average Bonchev–Trinajstić information content (AvgIpc) is 2.98. The van der Waals surface area contributed by atoms with Crippen LogP contribution in [-0.4, -0.2) is 15.3 Å². The van der Waals surface area contributed by atoms with Crippen LogP contribution in [-0.2, 0) is 0 Å². The zero-order valence-electron chi connectivity index (χ0n) is 8.76. The van der Waals surface area contributed by atoms with Crippen LogP contribution in [0.4, 0.5) is 0 Å². The van der Waals surface area contributed by atoms with Gasteiger partial charge in [-0.3, -0.25) is 0 Å². The first-order valence-electron chi connectivity index (χ1n) is 5.09. The monoisotopic (exact) mass is 245 g/mol. The predicted molar refractivity (Wildman–Crippen MR) is 63.0 cm³/mol. The van der Waals surface area contributed by atoms with Gasteiger partial charge in [-0.15, -0.1) is 12.4 Å². The van der Waals surface area contributed by atoms with E-state index in [1.54, 1.807) is 6.07 Å². The van der Waals surface area contributed by atoms with Crippen molar-refractivity contribution in [1.29, 1.82) is 0 Å². The molecule has 0 bridgehead atoms. The minimum Gasteiger partial charge on any atom is -0.504 e. The number of phenols is 3. The summed E-state index contributed by atoms with van der Waals surface area (Å²) in [6.45, 7) is 0. The number of aromatic hydroxyl groups is 3. The molecule has 1 atom stereocenters. The number of benzene rings is 1. The third kappa shape index (κ3) is 2.51. The van der Waals surface area contributed by atoms with Crippen LogP contribution >= 0.6 is 12.4 Å². The molecule has 5 heteroatoms. The highest BCUT2D eigenvalue weighted by Crippen LogP contribution is 2.43. The van der Waals surface area contributed by atoms with Gasteiger partial charge in [0.15, 0.2) is 11.5 Å². The molecule has 5 N–H and O–H groups in total. The molecule has 0 aliphatic heterocycles. The van der Waals surface area contributed by atoms with Crippen LogP contribution in [0.5, 0.6) is 17.2 Å². The van der Waals surface area contributed by atoms with Crippen LogP contribution in [0.15, 0.2) is 12.1 Å². The maximum absolute atomic E-state index is 9.59. The van der Waals surface area contributed by atoms with E-state index in [0.717, 1.165) is 6.42 Å². The maximum atomic E-state index is 9.59. The molecule has 0 radical (unpaired) electrons. The van der Waals surface area contributed by atoms with E-state index < -0.39 is 5.75 Å². The first kappa shape index (κ1) is 12.9. The molecule has 1 aromatic rings. The first-order valence-corrected chi connectivity index (χ1v) is 5.09. The first-order chi connectivity index (χ1) is 7.09. The van der Waals surface area contributed by atoms with Crippen LogP contribution < -0.4 is 5.73 Å². The number of hydrogen-bond acceptors (Lipinski definition) is 4. The van der Waals surface area contributed by atoms with Crippen LogP contribution in [0, 0.1) is 5.92 Å². The lowest BCUT2D eigenvalue weighted by Crippen LogP contribution is -2.11. The summed E-state index contributed by atoms with van der Waals surface area (Å²) < 4.78 is 0. The lowest BCUT2D eigenvalue weighted by molar-refractivity contribution is 0.361. The number of nitrogens with two attached hydrogens (primary N) is 1. The zero-order valence-corrected chi connectivity index (χ0v) is 9.57. The Labute approximate surface area is 100 Å². The second kappa shape index (κ2) is 4.80. The Kier molecular flexibility index (Phi) is 3.88. The molecule has 1 aliphatic carbocycles. The van der Waals surface area contributed by atoms with Gasteiger partial charge in [0, 0.05) is 11.6 Å². The highest BCUT2D eigenvalue weighted by molar-refractivity contribution is 5.85. The molecule has 1 aromatic carbocycles. The molecule has 1 saturated carbocycles. The fourth-order valence-corrected chi connectivity index (χ4v) is 1.72. The molecular formula is C11H16ClNO3. The summed E-state index contributed by atoms with van der Waals surface area (Å²) in [5.74, 6) is -0.466. The van der Waals surface area contributed by atoms with Crippen molar-refractivity contribution >= 4 is 12.4 Å². The average molecular weight is 246 g/mol.